The normalized spacial score (nSPS) is 25.4. The second kappa shape index (κ2) is 15.5. The minimum Gasteiger partial charge on any atom is -0.508 e. The van der Waals surface area contributed by atoms with Crippen LogP contribution in [0.4, 0.5) is 11.6 Å². The number of nitrogen functional groups attached to an aromatic ring is 1. The highest BCUT2D eigenvalue weighted by molar-refractivity contribution is 5.92. The maximum absolute atomic E-state index is 14.1. The van der Waals surface area contributed by atoms with Gasteiger partial charge in [-0.1, -0.05) is 18.2 Å². The maximum atomic E-state index is 14.1. The van der Waals surface area contributed by atoms with Gasteiger partial charge in [-0.3, -0.25) is 4.79 Å². The van der Waals surface area contributed by atoms with Gasteiger partial charge in [0.05, 0.1) is 6.61 Å². The standard InChI is InChI=1S/C48H52N4O9/c1-5-23(2)47(58)60-37-19-34-42(57)40-36(56)18-31(21-53)59-44(40)41-39-32-12-13-50-45(49)38(32)27(9-8-26-10-11-30(55)17-33(26)35(39)22-54)16-29(48(37,4)61-43(34)41)15-25-14-28-7-6-24(3)52-46(28)51-20-25/h5,10-14,17-18,20,24,27,29,35,37,39,53-55,57H,6-9,15-16,19,21-22H2,1-4H3,(H2,49,50)(H,51,52). The molecule has 318 valence electrons. The van der Waals surface area contributed by atoms with Gasteiger partial charge in [-0.05, 0) is 118 Å². The summed E-state index contributed by atoms with van der Waals surface area (Å²) in [6.45, 7) is 6.52. The Morgan fingerprint density at radius 3 is 2.64 bits per heavy atom. The quantitative estimate of drug-likeness (QED) is 0.0790. The topological polar surface area (TPSA) is 210 Å². The molecule has 0 amide bonds. The van der Waals surface area contributed by atoms with Crippen LogP contribution in [0.1, 0.15) is 115 Å². The number of aliphatic hydroxyl groups is 2. The number of anilines is 2. The summed E-state index contributed by atoms with van der Waals surface area (Å²) in [7, 11) is 0. The molecule has 3 aliphatic heterocycles. The molecule has 0 spiro atoms. The highest BCUT2D eigenvalue weighted by Gasteiger charge is 2.54. The van der Waals surface area contributed by atoms with Crippen LogP contribution in [-0.4, -0.2) is 60.7 Å². The van der Waals surface area contributed by atoms with Crippen molar-refractivity contribution < 1.29 is 39.1 Å². The van der Waals surface area contributed by atoms with Crippen molar-refractivity contribution in [1.29, 1.82) is 0 Å². The molecule has 1 aliphatic carbocycles. The number of ether oxygens (including phenoxy) is 2. The number of esters is 1. The number of aliphatic hydroxyl groups excluding tert-OH is 2. The van der Waals surface area contributed by atoms with E-state index in [0.717, 1.165) is 52.5 Å². The fraction of sp³-hybridized carbons (Fsp3) is 0.417. The van der Waals surface area contributed by atoms with E-state index in [9.17, 15) is 30.0 Å². The van der Waals surface area contributed by atoms with E-state index in [1.807, 2.05) is 25.3 Å². The number of hydrogen-bond donors (Lipinski definition) is 6. The van der Waals surface area contributed by atoms with E-state index in [0.29, 0.717) is 54.2 Å². The third kappa shape index (κ3) is 6.78. The van der Waals surface area contributed by atoms with Gasteiger partial charge in [-0.2, -0.15) is 0 Å². The van der Waals surface area contributed by atoms with Gasteiger partial charge in [-0.15, -0.1) is 0 Å². The number of rotatable bonds is 6. The molecule has 0 fully saturated rings. The number of fused-ring (bicyclic) bond motifs is 6. The summed E-state index contributed by atoms with van der Waals surface area (Å²) in [6, 6.07) is 10.7. The van der Waals surface area contributed by atoms with Gasteiger partial charge in [0.15, 0.2) is 5.43 Å². The van der Waals surface area contributed by atoms with Gasteiger partial charge in [0.1, 0.15) is 63.9 Å². The maximum Gasteiger partial charge on any atom is 0.333 e. The molecule has 61 heavy (non-hydrogen) atoms. The largest absolute Gasteiger partial charge is 0.508 e. The van der Waals surface area contributed by atoms with Crippen molar-refractivity contribution in [1.82, 2.24) is 9.97 Å². The average molecular weight is 829 g/mol. The van der Waals surface area contributed by atoms with Crippen molar-refractivity contribution in [3.8, 4) is 17.2 Å². The fourth-order valence-corrected chi connectivity index (χ4v) is 10.5. The summed E-state index contributed by atoms with van der Waals surface area (Å²) >= 11 is 0. The monoisotopic (exact) mass is 828 g/mol. The van der Waals surface area contributed by atoms with E-state index < -0.39 is 48.2 Å². The van der Waals surface area contributed by atoms with Crippen molar-refractivity contribution in [2.45, 2.75) is 115 Å². The minimum absolute atomic E-state index is 0.0182. The van der Waals surface area contributed by atoms with Gasteiger partial charge >= 0.3 is 5.97 Å². The van der Waals surface area contributed by atoms with E-state index in [4.69, 9.17) is 24.6 Å². The number of aryl methyl sites for hydroxylation is 2. The first-order chi connectivity index (χ1) is 29.3. The van der Waals surface area contributed by atoms with E-state index in [-0.39, 0.29) is 57.8 Å². The third-order valence-electron chi connectivity index (χ3n) is 13.9. The summed E-state index contributed by atoms with van der Waals surface area (Å²) in [4.78, 5) is 37.5. The van der Waals surface area contributed by atoms with Gasteiger partial charge in [-0.25, -0.2) is 14.8 Å². The van der Waals surface area contributed by atoms with Crippen molar-refractivity contribution in [3.63, 3.8) is 0 Å². The molecule has 13 nitrogen and oxygen atoms in total. The molecule has 0 saturated carbocycles. The predicted octanol–water partition coefficient (Wildman–Crippen LogP) is 6.59. The van der Waals surface area contributed by atoms with E-state index in [1.165, 1.54) is 0 Å². The van der Waals surface area contributed by atoms with Crippen LogP contribution in [0.15, 0.2) is 69.7 Å². The molecule has 2 aromatic carbocycles. The smallest absolute Gasteiger partial charge is 0.333 e. The Bertz CT molecular complexity index is 2670. The number of phenolic OH excluding ortho intramolecular Hbond substituents is 2. The molecule has 6 heterocycles. The second-order valence-corrected chi connectivity index (χ2v) is 17.5. The highest BCUT2D eigenvalue weighted by Crippen LogP contribution is 2.58. The zero-order valence-electron chi connectivity index (χ0n) is 34.8. The molecule has 7 atom stereocenters. The molecule has 3 aromatic heterocycles. The summed E-state index contributed by atoms with van der Waals surface area (Å²) in [5.41, 5.74) is 11.3. The molecule has 13 heteroatoms. The zero-order valence-corrected chi connectivity index (χ0v) is 34.8. The van der Waals surface area contributed by atoms with E-state index >= 15 is 0 Å². The number of carbonyl (C=O) groups excluding carboxylic acids is 1. The van der Waals surface area contributed by atoms with Crippen LogP contribution < -0.4 is 21.2 Å². The Morgan fingerprint density at radius 1 is 1.07 bits per heavy atom. The van der Waals surface area contributed by atoms with Crippen LogP contribution >= 0.6 is 0 Å². The van der Waals surface area contributed by atoms with Crippen LogP contribution in [-0.2, 0) is 41.8 Å². The lowest BCUT2D eigenvalue weighted by molar-refractivity contribution is -0.165. The molecule has 5 aromatic rings. The summed E-state index contributed by atoms with van der Waals surface area (Å²) in [5.74, 6) is -1.82. The highest BCUT2D eigenvalue weighted by atomic mass is 16.6. The number of allylic oxidation sites excluding steroid dienone is 1. The van der Waals surface area contributed by atoms with Crippen LogP contribution in [0, 0.1) is 5.92 Å². The van der Waals surface area contributed by atoms with Crippen molar-refractivity contribution >= 4 is 28.6 Å². The number of nitrogens with zero attached hydrogens (tertiary/aromatic N) is 2. The predicted molar refractivity (Wildman–Crippen MR) is 229 cm³/mol. The summed E-state index contributed by atoms with van der Waals surface area (Å²) in [6.07, 6.45) is 8.18. The molecule has 4 aliphatic rings. The van der Waals surface area contributed by atoms with Gasteiger partial charge in [0, 0.05) is 70.9 Å². The Morgan fingerprint density at radius 2 is 1.87 bits per heavy atom. The number of aromatic nitrogens is 2. The van der Waals surface area contributed by atoms with Crippen LogP contribution in [0.3, 0.4) is 0 Å². The number of carbonyl (C=O) groups is 1. The number of hydrogen-bond acceptors (Lipinski definition) is 13. The lowest BCUT2D eigenvalue weighted by atomic mass is 9.67. The number of phenols is 2. The number of benzene rings is 2. The van der Waals surface area contributed by atoms with Crippen LogP contribution in [0.5, 0.6) is 17.2 Å². The number of aromatic hydroxyl groups is 2. The number of nitrogens with one attached hydrogen (secondary N) is 1. The van der Waals surface area contributed by atoms with Gasteiger partial charge in [0.25, 0.3) is 0 Å². The lowest BCUT2D eigenvalue weighted by Gasteiger charge is -2.49. The molecule has 9 rings (SSSR count). The number of pyridine rings is 2. The Hall–Kier alpha value is -5.92. The first-order valence-electron chi connectivity index (χ1n) is 21.2. The fourth-order valence-electron chi connectivity index (χ4n) is 10.5. The average Bonchev–Trinajstić information content (AvgIpc) is 3.29. The first-order valence-corrected chi connectivity index (χ1v) is 21.2. The lowest BCUT2D eigenvalue weighted by Crippen LogP contribution is -2.57. The third-order valence-corrected chi connectivity index (χ3v) is 13.9. The first kappa shape index (κ1) is 40.5. The van der Waals surface area contributed by atoms with Crippen molar-refractivity contribution in [2.24, 2.45) is 5.92 Å². The molecule has 0 saturated heterocycles. The Labute approximate surface area is 353 Å². The van der Waals surface area contributed by atoms with Gasteiger partial charge < -0.3 is 45.4 Å². The summed E-state index contributed by atoms with van der Waals surface area (Å²) < 4.78 is 20.4. The SMILES string of the molecule is CC=C(C)C(=O)OC1Cc2c3c(c4oc(CO)cc(=O)c4c2O)C2c4ccnc(N)c4C(CCc4ccc(O)cc4C2CO)CC(Cc2cnc4c(c2)CCC(C)N4)C1(C)O3. The van der Waals surface area contributed by atoms with E-state index in [2.05, 4.69) is 23.3 Å². The molecular weight excluding hydrogens is 777 g/mol. The van der Waals surface area contributed by atoms with E-state index in [1.54, 1.807) is 38.3 Å². The van der Waals surface area contributed by atoms with Crippen molar-refractivity contribution in [2.75, 3.05) is 17.7 Å². The zero-order chi connectivity index (χ0) is 42.9. The van der Waals surface area contributed by atoms with Gasteiger partial charge in [0.2, 0.25) is 0 Å². The second-order valence-electron chi connectivity index (χ2n) is 17.5. The molecule has 7 unspecified atom stereocenters. The molecular formula is C48H52N4O9. The number of nitrogens with two attached hydrogens (primary N) is 1. The molecule has 4 bridgehead atoms. The summed E-state index contributed by atoms with van der Waals surface area (Å²) in [5, 5.41) is 48.6. The Balaban J connectivity index is 1.39. The van der Waals surface area contributed by atoms with Crippen LogP contribution in [0.25, 0.3) is 11.0 Å². The minimum atomic E-state index is -1.28. The molecule has 7 N–H and O–H groups in total. The molecule has 0 radical (unpaired) electrons. The van der Waals surface area contributed by atoms with Crippen molar-refractivity contribution in [3.05, 3.63) is 121 Å². The Kier molecular flexibility index (Phi) is 10.3. The van der Waals surface area contributed by atoms with Crippen LogP contribution in [0.2, 0.25) is 0 Å².